The van der Waals surface area contributed by atoms with Crippen molar-refractivity contribution in [3.05, 3.63) is 65.7 Å². The smallest absolute Gasteiger partial charge is 0.263 e. The molecular formula is C20H21N3O4S2. The summed E-state index contributed by atoms with van der Waals surface area (Å²) in [6.45, 7) is 2.68. The highest BCUT2D eigenvalue weighted by atomic mass is 32.2. The minimum atomic E-state index is -3.70. The van der Waals surface area contributed by atoms with Crippen molar-refractivity contribution in [1.82, 2.24) is 4.98 Å². The van der Waals surface area contributed by atoms with Crippen molar-refractivity contribution in [3.63, 3.8) is 0 Å². The zero-order chi connectivity index (χ0) is 20.7. The summed E-state index contributed by atoms with van der Waals surface area (Å²) in [5.74, 6) is 0.509. The van der Waals surface area contributed by atoms with Crippen LogP contribution in [-0.2, 0) is 21.2 Å². The molecule has 1 aromatic heterocycles. The summed E-state index contributed by atoms with van der Waals surface area (Å²) in [5, 5.41) is 4.66. The van der Waals surface area contributed by atoms with Gasteiger partial charge in [-0.2, -0.15) is 0 Å². The van der Waals surface area contributed by atoms with Gasteiger partial charge in [-0.25, -0.2) is 13.4 Å². The van der Waals surface area contributed by atoms with Crippen LogP contribution in [0.2, 0.25) is 0 Å². The molecule has 0 radical (unpaired) electrons. The number of sulfonamides is 1. The van der Waals surface area contributed by atoms with Gasteiger partial charge in [0.2, 0.25) is 5.91 Å². The number of nitrogens with zero attached hydrogens (tertiary/aromatic N) is 1. The van der Waals surface area contributed by atoms with Crippen LogP contribution in [0.15, 0.2) is 64.9 Å². The molecule has 29 heavy (non-hydrogen) atoms. The lowest BCUT2D eigenvalue weighted by atomic mass is 10.2. The van der Waals surface area contributed by atoms with Crippen molar-refractivity contribution >= 4 is 38.1 Å². The summed E-state index contributed by atoms with van der Waals surface area (Å²) in [6.07, 6.45) is 0.966. The Morgan fingerprint density at radius 3 is 2.52 bits per heavy atom. The maximum absolute atomic E-state index is 12.3. The first-order valence-electron chi connectivity index (χ1n) is 9.01. The third kappa shape index (κ3) is 6.03. The van der Waals surface area contributed by atoms with E-state index in [-0.39, 0.29) is 22.4 Å². The normalized spacial score (nSPS) is 11.1. The summed E-state index contributed by atoms with van der Waals surface area (Å²) < 4.78 is 32.6. The minimum absolute atomic E-state index is 0.0393. The van der Waals surface area contributed by atoms with E-state index in [4.69, 9.17) is 4.74 Å². The molecule has 0 aliphatic carbocycles. The van der Waals surface area contributed by atoms with Crippen LogP contribution < -0.4 is 14.8 Å². The number of anilines is 2. The number of benzene rings is 2. The maximum atomic E-state index is 12.3. The standard InChI is InChI=1S/C20H21N3O4S2/c1-2-12-27-17-10-8-15(9-11-17)21-19(24)13-16-14-28-20(22-16)23-29(25,26)18-6-4-3-5-7-18/h3-11,14H,2,12-13H2,1H3,(H,21,24)(H,22,23). The quantitative estimate of drug-likeness (QED) is 0.535. The fraction of sp³-hybridized carbons (Fsp3) is 0.200. The van der Waals surface area contributed by atoms with Crippen molar-refractivity contribution < 1.29 is 17.9 Å². The Hall–Kier alpha value is -2.91. The summed E-state index contributed by atoms with van der Waals surface area (Å²) in [5.41, 5.74) is 1.14. The molecule has 1 amide bonds. The number of hydrogen-bond donors (Lipinski definition) is 2. The lowest BCUT2D eigenvalue weighted by molar-refractivity contribution is -0.115. The Kier molecular flexibility index (Phi) is 6.84. The lowest BCUT2D eigenvalue weighted by Gasteiger charge is -2.07. The van der Waals surface area contributed by atoms with Crippen LogP contribution in [0, 0.1) is 0 Å². The highest BCUT2D eigenvalue weighted by Crippen LogP contribution is 2.21. The fourth-order valence-electron chi connectivity index (χ4n) is 2.43. The second-order valence-corrected chi connectivity index (χ2v) is 8.70. The van der Waals surface area contributed by atoms with Crippen molar-refractivity contribution in [2.45, 2.75) is 24.7 Å². The topological polar surface area (TPSA) is 97.4 Å². The van der Waals surface area contributed by atoms with Gasteiger partial charge >= 0.3 is 0 Å². The number of nitrogens with one attached hydrogen (secondary N) is 2. The van der Waals surface area contributed by atoms with E-state index in [1.807, 2.05) is 6.92 Å². The predicted molar refractivity (Wildman–Crippen MR) is 114 cm³/mol. The summed E-state index contributed by atoms with van der Waals surface area (Å²) in [4.78, 5) is 16.6. The van der Waals surface area contributed by atoms with Gasteiger partial charge in [-0.3, -0.25) is 9.52 Å². The second kappa shape index (κ2) is 9.53. The van der Waals surface area contributed by atoms with E-state index < -0.39 is 10.0 Å². The number of carbonyl (C=O) groups excluding carboxylic acids is 1. The van der Waals surface area contributed by atoms with Gasteiger partial charge in [-0.15, -0.1) is 11.3 Å². The van der Waals surface area contributed by atoms with Gasteiger partial charge in [0.1, 0.15) is 5.75 Å². The van der Waals surface area contributed by atoms with Crippen molar-refractivity contribution in [2.24, 2.45) is 0 Å². The van der Waals surface area contributed by atoms with Gasteiger partial charge in [0.25, 0.3) is 10.0 Å². The Bertz CT molecular complexity index is 1050. The number of ether oxygens (including phenoxy) is 1. The molecular weight excluding hydrogens is 410 g/mol. The maximum Gasteiger partial charge on any atom is 0.263 e. The molecule has 0 saturated heterocycles. The van der Waals surface area contributed by atoms with Gasteiger partial charge in [0, 0.05) is 11.1 Å². The predicted octanol–water partition coefficient (Wildman–Crippen LogP) is 3.91. The number of amides is 1. The molecule has 152 valence electrons. The van der Waals surface area contributed by atoms with Gasteiger partial charge in [-0.1, -0.05) is 25.1 Å². The van der Waals surface area contributed by atoms with Gasteiger partial charge in [-0.05, 0) is 42.8 Å². The van der Waals surface area contributed by atoms with Crippen LogP contribution in [0.4, 0.5) is 10.8 Å². The van der Waals surface area contributed by atoms with Crippen LogP contribution in [0.25, 0.3) is 0 Å². The fourth-order valence-corrected chi connectivity index (χ4v) is 4.42. The molecule has 0 aliphatic rings. The van der Waals surface area contributed by atoms with Crippen LogP contribution in [-0.4, -0.2) is 25.9 Å². The average Bonchev–Trinajstić information content (AvgIpc) is 3.14. The van der Waals surface area contributed by atoms with E-state index in [1.54, 1.807) is 47.8 Å². The molecule has 3 aromatic rings. The molecule has 2 N–H and O–H groups in total. The van der Waals surface area contributed by atoms with E-state index in [1.165, 1.54) is 12.1 Å². The molecule has 0 fully saturated rings. The van der Waals surface area contributed by atoms with E-state index in [0.717, 1.165) is 23.5 Å². The van der Waals surface area contributed by atoms with E-state index >= 15 is 0 Å². The summed E-state index contributed by atoms with van der Waals surface area (Å²) in [7, 11) is -3.70. The average molecular weight is 432 g/mol. The summed E-state index contributed by atoms with van der Waals surface area (Å²) >= 11 is 1.13. The zero-order valence-corrected chi connectivity index (χ0v) is 17.4. The number of carbonyl (C=O) groups is 1. The lowest BCUT2D eigenvalue weighted by Crippen LogP contribution is -2.15. The number of hydrogen-bond acceptors (Lipinski definition) is 6. The molecule has 0 spiro atoms. The Morgan fingerprint density at radius 2 is 1.83 bits per heavy atom. The highest BCUT2D eigenvalue weighted by Gasteiger charge is 2.16. The first-order valence-corrected chi connectivity index (χ1v) is 11.4. The molecule has 0 bridgehead atoms. The van der Waals surface area contributed by atoms with Crippen molar-refractivity contribution in [1.29, 1.82) is 0 Å². The molecule has 3 rings (SSSR count). The molecule has 1 heterocycles. The molecule has 0 atom stereocenters. The van der Waals surface area contributed by atoms with E-state index in [0.29, 0.717) is 18.0 Å². The Labute approximate surface area is 173 Å². The number of rotatable bonds is 9. The molecule has 0 saturated carbocycles. The van der Waals surface area contributed by atoms with Crippen LogP contribution in [0.5, 0.6) is 5.75 Å². The zero-order valence-electron chi connectivity index (χ0n) is 15.8. The number of aromatic nitrogens is 1. The second-order valence-electron chi connectivity index (χ2n) is 6.16. The summed E-state index contributed by atoms with van der Waals surface area (Å²) in [6, 6.07) is 15.2. The molecule has 9 heteroatoms. The van der Waals surface area contributed by atoms with Crippen molar-refractivity contribution in [2.75, 3.05) is 16.6 Å². The van der Waals surface area contributed by atoms with Crippen LogP contribution in [0.3, 0.4) is 0 Å². The molecule has 7 nitrogen and oxygen atoms in total. The number of thiazole rings is 1. The van der Waals surface area contributed by atoms with Crippen LogP contribution >= 0.6 is 11.3 Å². The van der Waals surface area contributed by atoms with Gasteiger partial charge in [0.15, 0.2) is 5.13 Å². The first kappa shape index (κ1) is 20.8. The third-order valence-electron chi connectivity index (χ3n) is 3.78. The largest absolute Gasteiger partial charge is 0.494 e. The van der Waals surface area contributed by atoms with Crippen LogP contribution in [0.1, 0.15) is 19.0 Å². The molecule has 0 aliphatic heterocycles. The Morgan fingerprint density at radius 1 is 1.10 bits per heavy atom. The van der Waals surface area contributed by atoms with Crippen molar-refractivity contribution in [3.8, 4) is 5.75 Å². The monoisotopic (exact) mass is 431 g/mol. The highest BCUT2D eigenvalue weighted by molar-refractivity contribution is 7.93. The van der Waals surface area contributed by atoms with Gasteiger partial charge in [0.05, 0.1) is 23.6 Å². The minimum Gasteiger partial charge on any atom is -0.494 e. The Balaban J connectivity index is 1.56. The first-order chi connectivity index (χ1) is 14.0. The van der Waals surface area contributed by atoms with E-state index in [9.17, 15) is 13.2 Å². The van der Waals surface area contributed by atoms with E-state index in [2.05, 4.69) is 15.0 Å². The van der Waals surface area contributed by atoms with Gasteiger partial charge < -0.3 is 10.1 Å². The SMILES string of the molecule is CCCOc1ccc(NC(=O)Cc2csc(NS(=O)(=O)c3ccccc3)n2)cc1. The third-order valence-corrected chi connectivity index (χ3v) is 6.07. The molecule has 0 unspecified atom stereocenters. The molecule has 2 aromatic carbocycles.